The molecule has 0 atom stereocenters. The monoisotopic (exact) mass is 361 g/mol. The van der Waals surface area contributed by atoms with Gasteiger partial charge in [-0.05, 0) is 18.2 Å². The molecule has 4 N–H and O–H groups in total. The number of hydrogen-bond donors (Lipinski definition) is 3. The van der Waals surface area contributed by atoms with Crippen LogP contribution in [0.1, 0.15) is 11.5 Å². The molecule has 4 heterocycles. The number of nitrogens with zero attached hydrogens (tertiary/aromatic N) is 5. The van der Waals surface area contributed by atoms with Crippen molar-refractivity contribution < 1.29 is 9.63 Å². The Morgan fingerprint density at radius 3 is 2.89 bits per heavy atom. The van der Waals surface area contributed by atoms with Crippen LogP contribution in [0.15, 0.2) is 47.2 Å². The Morgan fingerprint density at radius 2 is 2.11 bits per heavy atom. The van der Waals surface area contributed by atoms with E-state index in [4.69, 9.17) is 15.4 Å². The molecule has 134 valence electrons. The number of nitrogens with one attached hydrogen (secondary N) is 1. The zero-order valence-electron chi connectivity index (χ0n) is 14.1. The molecule has 5 aromatic rings. The number of anilines is 1. The third kappa shape index (κ3) is 2.61. The molecular formula is C18H15N7O2. The van der Waals surface area contributed by atoms with Crippen molar-refractivity contribution in [2.45, 2.75) is 13.2 Å². The van der Waals surface area contributed by atoms with Gasteiger partial charge in [-0.1, -0.05) is 11.2 Å². The number of aromatic amines is 1. The number of aromatic nitrogens is 6. The number of aliphatic hydroxyl groups excluding tert-OH is 1. The zero-order chi connectivity index (χ0) is 18.4. The molecule has 0 aliphatic carbocycles. The number of benzene rings is 1. The van der Waals surface area contributed by atoms with Gasteiger partial charge in [0.15, 0.2) is 5.76 Å². The van der Waals surface area contributed by atoms with Crippen LogP contribution in [-0.2, 0) is 13.2 Å². The van der Waals surface area contributed by atoms with Crippen molar-refractivity contribution in [1.82, 2.24) is 30.1 Å². The predicted octanol–water partition coefficient (Wildman–Crippen LogP) is 2.09. The van der Waals surface area contributed by atoms with E-state index in [0.29, 0.717) is 23.8 Å². The van der Waals surface area contributed by atoms with E-state index in [1.807, 2.05) is 30.5 Å². The second-order valence-corrected chi connectivity index (χ2v) is 6.23. The number of aliphatic hydroxyl groups is 1. The Morgan fingerprint density at radius 1 is 1.19 bits per heavy atom. The molecule has 0 aliphatic rings. The predicted molar refractivity (Wildman–Crippen MR) is 98.6 cm³/mol. The Bertz CT molecular complexity index is 1250. The minimum atomic E-state index is -0.162. The van der Waals surface area contributed by atoms with E-state index in [-0.39, 0.29) is 6.61 Å². The average molecular weight is 361 g/mol. The number of fused-ring (bicyclic) bond motifs is 3. The quantitative estimate of drug-likeness (QED) is 0.446. The normalized spacial score (nSPS) is 11.6. The first kappa shape index (κ1) is 15.5. The third-order valence-electron chi connectivity index (χ3n) is 4.43. The molecule has 0 spiro atoms. The van der Waals surface area contributed by atoms with Crippen LogP contribution < -0.4 is 5.73 Å². The van der Waals surface area contributed by atoms with Crippen molar-refractivity contribution in [3.63, 3.8) is 0 Å². The zero-order valence-corrected chi connectivity index (χ0v) is 14.1. The van der Waals surface area contributed by atoms with Gasteiger partial charge in [-0.25, -0.2) is 4.98 Å². The highest BCUT2D eigenvalue weighted by Crippen LogP contribution is 2.30. The van der Waals surface area contributed by atoms with Gasteiger partial charge in [-0.15, -0.1) is 0 Å². The van der Waals surface area contributed by atoms with Crippen molar-refractivity contribution >= 4 is 27.6 Å². The summed E-state index contributed by atoms with van der Waals surface area (Å²) in [6.45, 7) is 0.222. The van der Waals surface area contributed by atoms with Gasteiger partial charge in [-0.2, -0.15) is 10.2 Å². The van der Waals surface area contributed by atoms with Gasteiger partial charge < -0.3 is 15.4 Å². The van der Waals surface area contributed by atoms with Crippen LogP contribution >= 0.6 is 0 Å². The maximum atomic E-state index is 9.10. The lowest BCUT2D eigenvalue weighted by atomic mass is 10.1. The lowest BCUT2D eigenvalue weighted by Gasteiger charge is -2.03. The summed E-state index contributed by atoms with van der Waals surface area (Å²) in [5.74, 6) is 1.02. The molecular weight excluding hydrogens is 346 g/mol. The van der Waals surface area contributed by atoms with Gasteiger partial charge in [0.25, 0.3) is 0 Å². The molecule has 27 heavy (non-hydrogen) atoms. The number of hydrogen-bond acceptors (Lipinski definition) is 7. The molecule has 0 saturated heterocycles. The van der Waals surface area contributed by atoms with Crippen molar-refractivity contribution in [1.29, 1.82) is 0 Å². The molecule has 0 radical (unpaired) electrons. The van der Waals surface area contributed by atoms with E-state index >= 15 is 0 Å². The summed E-state index contributed by atoms with van der Waals surface area (Å²) in [6, 6.07) is 9.53. The van der Waals surface area contributed by atoms with Crippen LogP contribution in [0.3, 0.4) is 0 Å². The van der Waals surface area contributed by atoms with Crippen LogP contribution in [0, 0.1) is 0 Å². The van der Waals surface area contributed by atoms with Crippen LogP contribution in [0.2, 0.25) is 0 Å². The number of H-pyrrole nitrogens is 1. The molecule has 4 aromatic heterocycles. The molecule has 0 saturated carbocycles. The van der Waals surface area contributed by atoms with Crippen LogP contribution in [0.5, 0.6) is 0 Å². The van der Waals surface area contributed by atoms with Gasteiger partial charge in [0.2, 0.25) is 0 Å². The average Bonchev–Trinajstić information content (AvgIpc) is 3.42. The SMILES string of the molecule is Nc1nc2cc(-c3ccn[nH]3)ccc2c2nn(Cc3cc(CO)no3)cc12. The fourth-order valence-electron chi connectivity index (χ4n) is 3.15. The summed E-state index contributed by atoms with van der Waals surface area (Å²) < 4.78 is 6.93. The molecule has 0 aliphatic heterocycles. The van der Waals surface area contributed by atoms with E-state index in [1.165, 1.54) is 0 Å². The smallest absolute Gasteiger partial charge is 0.158 e. The van der Waals surface area contributed by atoms with E-state index < -0.39 is 0 Å². The summed E-state index contributed by atoms with van der Waals surface area (Å²) in [6.07, 6.45) is 3.54. The standard InChI is InChI=1S/C18H15N7O2/c19-18-14-8-25(7-12-6-11(9-26)24-27-12)23-17(14)13-2-1-10(5-16(13)21-18)15-3-4-20-22-15/h1-6,8,26H,7,9H2,(H2,19,21)(H,20,22). The first-order valence-electron chi connectivity index (χ1n) is 8.33. The summed E-state index contributed by atoms with van der Waals surface area (Å²) in [4.78, 5) is 4.53. The topological polar surface area (TPSA) is 132 Å². The van der Waals surface area contributed by atoms with Crippen molar-refractivity contribution in [3.05, 3.63) is 54.2 Å². The molecule has 0 bridgehead atoms. The molecule has 9 heteroatoms. The summed E-state index contributed by atoms with van der Waals surface area (Å²) >= 11 is 0. The molecule has 0 fully saturated rings. The molecule has 0 amide bonds. The molecule has 1 aromatic carbocycles. The lowest BCUT2D eigenvalue weighted by Crippen LogP contribution is -1.98. The van der Waals surface area contributed by atoms with Crippen LogP contribution in [-0.4, -0.2) is 35.2 Å². The lowest BCUT2D eigenvalue weighted by molar-refractivity contribution is 0.264. The van der Waals surface area contributed by atoms with Crippen LogP contribution in [0.25, 0.3) is 33.1 Å². The van der Waals surface area contributed by atoms with Gasteiger partial charge in [0.1, 0.15) is 23.6 Å². The van der Waals surface area contributed by atoms with Crippen molar-refractivity contribution in [2.75, 3.05) is 5.73 Å². The van der Waals surface area contributed by atoms with Gasteiger partial charge in [0.05, 0.1) is 23.2 Å². The summed E-state index contributed by atoms with van der Waals surface area (Å²) in [5, 5.41) is 26.1. The van der Waals surface area contributed by atoms with E-state index in [0.717, 1.165) is 33.1 Å². The molecule has 0 unspecified atom stereocenters. The van der Waals surface area contributed by atoms with E-state index in [2.05, 4.69) is 25.4 Å². The van der Waals surface area contributed by atoms with Crippen LogP contribution in [0.4, 0.5) is 5.82 Å². The molecule has 9 nitrogen and oxygen atoms in total. The fraction of sp³-hybridized carbons (Fsp3) is 0.111. The highest BCUT2D eigenvalue weighted by atomic mass is 16.5. The van der Waals surface area contributed by atoms with E-state index in [9.17, 15) is 0 Å². The maximum Gasteiger partial charge on any atom is 0.158 e. The van der Waals surface area contributed by atoms with Gasteiger partial charge in [-0.3, -0.25) is 9.78 Å². The number of nitrogen functional groups attached to an aromatic ring is 1. The number of rotatable bonds is 4. The fourth-order valence-corrected chi connectivity index (χ4v) is 3.15. The highest BCUT2D eigenvalue weighted by molar-refractivity contribution is 6.08. The number of pyridine rings is 1. The van der Waals surface area contributed by atoms with Crippen molar-refractivity contribution in [2.24, 2.45) is 0 Å². The Labute approximate surface area is 152 Å². The summed E-state index contributed by atoms with van der Waals surface area (Å²) in [7, 11) is 0. The Balaban J connectivity index is 1.60. The van der Waals surface area contributed by atoms with Gasteiger partial charge >= 0.3 is 0 Å². The van der Waals surface area contributed by atoms with E-state index in [1.54, 1.807) is 16.9 Å². The summed E-state index contributed by atoms with van der Waals surface area (Å²) in [5.41, 5.74) is 10.1. The largest absolute Gasteiger partial charge is 0.390 e. The first-order chi connectivity index (χ1) is 13.2. The Hall–Kier alpha value is -3.72. The maximum absolute atomic E-state index is 9.10. The van der Waals surface area contributed by atoms with Gasteiger partial charge in [0, 0.05) is 29.4 Å². The molecule has 5 rings (SSSR count). The van der Waals surface area contributed by atoms with Crippen molar-refractivity contribution in [3.8, 4) is 11.3 Å². The Kier molecular flexibility index (Phi) is 3.41. The second kappa shape index (κ2) is 5.92. The minimum absolute atomic E-state index is 0.162. The second-order valence-electron chi connectivity index (χ2n) is 6.23. The highest BCUT2D eigenvalue weighted by Gasteiger charge is 2.13. The number of nitrogens with two attached hydrogens (primary N) is 1. The first-order valence-corrected chi connectivity index (χ1v) is 8.33. The third-order valence-corrected chi connectivity index (χ3v) is 4.43. The minimum Gasteiger partial charge on any atom is -0.390 e.